The van der Waals surface area contributed by atoms with Crippen molar-refractivity contribution in [3.05, 3.63) is 48.0 Å². The van der Waals surface area contributed by atoms with Crippen LogP contribution in [-0.2, 0) is 13.6 Å². The van der Waals surface area contributed by atoms with Crippen LogP contribution in [0.25, 0.3) is 10.8 Å². The van der Waals surface area contributed by atoms with Crippen LogP contribution in [-0.4, -0.2) is 13.2 Å². The van der Waals surface area contributed by atoms with Crippen molar-refractivity contribution in [2.45, 2.75) is 26.4 Å². The van der Waals surface area contributed by atoms with Gasteiger partial charge in [0, 0.05) is 0 Å². The summed E-state index contributed by atoms with van der Waals surface area (Å²) >= 11 is 0. The first-order chi connectivity index (χ1) is 9.62. The molecule has 4 heteroatoms. The molecule has 0 spiro atoms. The van der Waals surface area contributed by atoms with Crippen LogP contribution in [0.4, 0.5) is 0 Å². The van der Waals surface area contributed by atoms with Crippen LogP contribution in [0.15, 0.2) is 42.5 Å². The number of benzene rings is 2. The molecule has 0 saturated carbocycles. The summed E-state index contributed by atoms with van der Waals surface area (Å²) in [6.45, 7) is 6.34. The molecule has 0 fully saturated rings. The van der Waals surface area contributed by atoms with Gasteiger partial charge in [0.1, 0.15) is 0 Å². The van der Waals surface area contributed by atoms with Crippen LogP contribution in [0.2, 0.25) is 0 Å². The molecule has 2 aromatic carbocycles. The van der Waals surface area contributed by atoms with Crippen LogP contribution in [0.5, 0.6) is 0 Å². The maximum Gasteiger partial charge on any atom is 0.337 e. The standard InChI is InChI=1S/C16H21O3P/c1-4-18-20(17,19-5-2)13(3)15-12-8-10-14-9-6-7-11-16(14)15/h6-13H,4-5H2,1-3H3/t13-/m0/s1. The molecule has 0 saturated heterocycles. The Labute approximate surface area is 120 Å². The number of fused-ring (bicyclic) bond motifs is 1. The molecule has 0 aromatic heterocycles. The molecule has 0 aliphatic rings. The lowest BCUT2D eigenvalue weighted by atomic mass is 10.0. The highest BCUT2D eigenvalue weighted by molar-refractivity contribution is 7.54. The van der Waals surface area contributed by atoms with Crippen molar-refractivity contribution in [2.75, 3.05) is 13.2 Å². The first kappa shape index (κ1) is 15.2. The fourth-order valence-corrected chi connectivity index (χ4v) is 4.21. The van der Waals surface area contributed by atoms with E-state index in [1.165, 1.54) is 0 Å². The molecule has 0 amide bonds. The lowest BCUT2D eigenvalue weighted by Gasteiger charge is -2.24. The van der Waals surface area contributed by atoms with E-state index in [-0.39, 0.29) is 5.66 Å². The molecule has 20 heavy (non-hydrogen) atoms. The molecule has 0 N–H and O–H groups in total. The van der Waals surface area contributed by atoms with Gasteiger partial charge >= 0.3 is 7.60 Å². The average molecular weight is 292 g/mol. The van der Waals surface area contributed by atoms with E-state index in [2.05, 4.69) is 12.1 Å². The van der Waals surface area contributed by atoms with E-state index in [1.807, 2.05) is 51.1 Å². The van der Waals surface area contributed by atoms with Crippen LogP contribution in [0.1, 0.15) is 32.0 Å². The maximum atomic E-state index is 12.9. The van der Waals surface area contributed by atoms with E-state index in [4.69, 9.17) is 9.05 Å². The summed E-state index contributed by atoms with van der Waals surface area (Å²) < 4.78 is 23.8. The van der Waals surface area contributed by atoms with E-state index in [0.29, 0.717) is 13.2 Å². The Morgan fingerprint density at radius 3 is 2.25 bits per heavy atom. The van der Waals surface area contributed by atoms with Crippen LogP contribution in [0, 0.1) is 0 Å². The normalized spacial score (nSPS) is 13.6. The van der Waals surface area contributed by atoms with Crippen molar-refractivity contribution in [1.82, 2.24) is 0 Å². The summed E-state index contributed by atoms with van der Waals surface area (Å²) in [6.07, 6.45) is 0. The fourth-order valence-electron chi connectivity index (χ4n) is 2.41. The Balaban J connectivity index is 2.49. The van der Waals surface area contributed by atoms with Gasteiger partial charge in [-0.05, 0) is 37.1 Å². The summed E-state index contributed by atoms with van der Waals surface area (Å²) in [5, 5.41) is 2.23. The Morgan fingerprint density at radius 2 is 1.60 bits per heavy atom. The van der Waals surface area contributed by atoms with Gasteiger partial charge in [-0.15, -0.1) is 0 Å². The highest BCUT2D eigenvalue weighted by atomic mass is 31.2. The Kier molecular flexibility index (Phi) is 4.98. The zero-order chi connectivity index (χ0) is 14.6. The van der Waals surface area contributed by atoms with Crippen LogP contribution in [0.3, 0.4) is 0 Å². The SMILES string of the molecule is CCOP(=O)(OCC)[C@@H](C)c1cccc2ccccc12. The van der Waals surface area contributed by atoms with Gasteiger partial charge in [-0.2, -0.15) is 0 Å². The van der Waals surface area contributed by atoms with E-state index < -0.39 is 7.60 Å². The number of hydrogen-bond donors (Lipinski definition) is 0. The molecule has 0 bridgehead atoms. The second kappa shape index (κ2) is 6.53. The smallest absolute Gasteiger partial charge is 0.308 e. The van der Waals surface area contributed by atoms with Crippen LogP contribution >= 0.6 is 7.60 Å². The molecule has 0 radical (unpaired) electrons. The monoisotopic (exact) mass is 292 g/mol. The molecular formula is C16H21O3P. The van der Waals surface area contributed by atoms with Gasteiger partial charge in [-0.1, -0.05) is 42.5 Å². The van der Waals surface area contributed by atoms with E-state index in [9.17, 15) is 4.57 Å². The van der Waals surface area contributed by atoms with Gasteiger partial charge in [0.15, 0.2) is 0 Å². The minimum atomic E-state index is -3.14. The van der Waals surface area contributed by atoms with E-state index in [0.717, 1.165) is 16.3 Å². The second-order valence-electron chi connectivity index (χ2n) is 4.62. The third-order valence-corrected chi connectivity index (χ3v) is 5.83. The van der Waals surface area contributed by atoms with Crippen molar-refractivity contribution in [1.29, 1.82) is 0 Å². The lowest BCUT2D eigenvalue weighted by molar-refractivity contribution is 0.213. The quantitative estimate of drug-likeness (QED) is 0.689. The minimum absolute atomic E-state index is 0.284. The molecule has 3 nitrogen and oxygen atoms in total. The number of rotatable bonds is 6. The van der Waals surface area contributed by atoms with Gasteiger partial charge in [0.05, 0.1) is 18.9 Å². The predicted molar refractivity (Wildman–Crippen MR) is 83.2 cm³/mol. The van der Waals surface area contributed by atoms with Crippen LogP contribution < -0.4 is 0 Å². The molecule has 0 heterocycles. The maximum absolute atomic E-state index is 12.9. The molecule has 0 aliphatic heterocycles. The summed E-state index contributed by atoms with van der Waals surface area (Å²) in [6, 6.07) is 14.1. The first-order valence-corrected chi connectivity index (χ1v) is 8.60. The highest BCUT2D eigenvalue weighted by Gasteiger charge is 2.33. The summed E-state index contributed by atoms with van der Waals surface area (Å²) in [5.74, 6) is 0. The third kappa shape index (κ3) is 2.95. The summed E-state index contributed by atoms with van der Waals surface area (Å²) in [4.78, 5) is 0. The Morgan fingerprint density at radius 1 is 1.00 bits per heavy atom. The Hall–Kier alpha value is -1.15. The van der Waals surface area contributed by atoms with Crippen molar-refractivity contribution >= 4 is 18.4 Å². The predicted octanol–water partition coefficient (Wildman–Crippen LogP) is 5.17. The number of hydrogen-bond acceptors (Lipinski definition) is 3. The van der Waals surface area contributed by atoms with Gasteiger partial charge in [0.25, 0.3) is 0 Å². The zero-order valence-electron chi connectivity index (χ0n) is 12.2. The second-order valence-corrected chi connectivity index (χ2v) is 6.99. The fraction of sp³-hybridized carbons (Fsp3) is 0.375. The van der Waals surface area contributed by atoms with Gasteiger partial charge in [-0.3, -0.25) is 4.57 Å². The lowest BCUT2D eigenvalue weighted by Crippen LogP contribution is -2.04. The Bertz CT molecular complexity index is 609. The summed E-state index contributed by atoms with van der Waals surface area (Å²) in [7, 11) is -3.14. The first-order valence-electron chi connectivity index (χ1n) is 6.98. The molecule has 0 aliphatic carbocycles. The van der Waals surface area contributed by atoms with Crippen molar-refractivity contribution in [3.8, 4) is 0 Å². The third-order valence-electron chi connectivity index (χ3n) is 3.37. The molecule has 2 rings (SSSR count). The van der Waals surface area contributed by atoms with Gasteiger partial charge < -0.3 is 9.05 Å². The largest absolute Gasteiger partial charge is 0.337 e. The van der Waals surface area contributed by atoms with Gasteiger partial charge in [0.2, 0.25) is 0 Å². The van der Waals surface area contributed by atoms with Crippen molar-refractivity contribution in [3.63, 3.8) is 0 Å². The van der Waals surface area contributed by atoms with Crippen molar-refractivity contribution in [2.24, 2.45) is 0 Å². The van der Waals surface area contributed by atoms with Crippen molar-refractivity contribution < 1.29 is 13.6 Å². The minimum Gasteiger partial charge on any atom is -0.308 e. The molecule has 0 unspecified atom stereocenters. The van der Waals surface area contributed by atoms with E-state index in [1.54, 1.807) is 0 Å². The molecular weight excluding hydrogens is 271 g/mol. The van der Waals surface area contributed by atoms with Gasteiger partial charge in [-0.25, -0.2) is 0 Å². The zero-order valence-corrected chi connectivity index (χ0v) is 13.1. The molecule has 2 aromatic rings. The van der Waals surface area contributed by atoms with E-state index >= 15 is 0 Å². The molecule has 1 atom stereocenters. The average Bonchev–Trinajstić information content (AvgIpc) is 2.46. The molecule has 108 valence electrons. The topological polar surface area (TPSA) is 35.5 Å². The highest BCUT2D eigenvalue weighted by Crippen LogP contribution is 2.61. The summed E-state index contributed by atoms with van der Waals surface area (Å²) in [5.41, 5.74) is 0.724.